The average molecular weight is 546 g/mol. The van der Waals surface area contributed by atoms with Gasteiger partial charge < -0.3 is 29.7 Å². The molecule has 3 aromatic carbocycles. The van der Waals surface area contributed by atoms with E-state index in [0.29, 0.717) is 29.6 Å². The number of rotatable bonds is 7. The molecule has 1 fully saturated rings. The lowest BCUT2D eigenvalue weighted by atomic mass is 9.78. The first-order valence-electron chi connectivity index (χ1n) is 13.1. The number of anilines is 1. The maximum Gasteiger partial charge on any atom is 0.236 e. The maximum atomic E-state index is 14.1. The van der Waals surface area contributed by atoms with Crippen molar-refractivity contribution in [1.29, 1.82) is 0 Å². The Bertz CT molecular complexity index is 1440. The van der Waals surface area contributed by atoms with E-state index in [4.69, 9.17) is 26.4 Å². The molecule has 2 N–H and O–H groups in total. The molecule has 3 atom stereocenters. The quantitative estimate of drug-likeness (QED) is 0.382. The van der Waals surface area contributed by atoms with Crippen LogP contribution in [-0.2, 0) is 11.2 Å². The molecule has 39 heavy (non-hydrogen) atoms. The summed E-state index contributed by atoms with van der Waals surface area (Å²) in [5.41, 5.74) is 5.04. The molecular weight excluding hydrogens is 510 g/mol. The lowest BCUT2D eigenvalue weighted by molar-refractivity contribution is -0.149. The van der Waals surface area contributed by atoms with Crippen LogP contribution in [0.1, 0.15) is 40.8 Å². The normalized spacial score (nSPS) is 21.4. The number of benzene rings is 3. The van der Waals surface area contributed by atoms with Crippen LogP contribution in [0, 0.1) is 26.7 Å². The maximum absolute atomic E-state index is 14.1. The standard InChI is InChI=1S/C31H35N3O4S/c1-18-7-10-23(20(3)15-18)32-29(35)27-28-22-16-19(2)8-11-24(22)38-31(27,4)34(30(39)33-28)14-13-21-9-12-25(36-5)26(17-21)37-6/h7-12,15-17,27-28H,13-14H2,1-6H3,(H,32,35)(H,33,39)/t27-,28-,31+/m1/s1. The summed E-state index contributed by atoms with van der Waals surface area (Å²) in [5.74, 6) is 1.42. The first-order chi connectivity index (χ1) is 18.6. The molecule has 5 rings (SSSR count). The fourth-order valence-corrected chi connectivity index (χ4v) is 6.13. The number of aryl methyl sites for hydroxylation is 3. The second kappa shape index (κ2) is 10.4. The molecule has 2 aliphatic heterocycles. The predicted octanol–water partition coefficient (Wildman–Crippen LogP) is 5.47. The number of thiocarbonyl (C=S) groups is 1. The van der Waals surface area contributed by atoms with Crippen LogP contribution in [0.25, 0.3) is 0 Å². The average Bonchev–Trinajstić information content (AvgIpc) is 2.90. The zero-order chi connectivity index (χ0) is 27.9. The zero-order valence-corrected chi connectivity index (χ0v) is 24.1. The largest absolute Gasteiger partial charge is 0.493 e. The molecule has 2 aliphatic rings. The number of fused-ring (bicyclic) bond motifs is 4. The second-order valence-corrected chi connectivity index (χ2v) is 10.9. The minimum atomic E-state index is -1.01. The van der Waals surface area contributed by atoms with Gasteiger partial charge in [0.05, 0.1) is 20.3 Å². The second-order valence-electron chi connectivity index (χ2n) is 10.5. The smallest absolute Gasteiger partial charge is 0.236 e. The van der Waals surface area contributed by atoms with Crippen LogP contribution in [0.15, 0.2) is 54.6 Å². The molecule has 1 amide bonds. The summed E-state index contributed by atoms with van der Waals surface area (Å²) in [4.78, 5) is 16.1. The van der Waals surface area contributed by atoms with Gasteiger partial charge in [-0.25, -0.2) is 0 Å². The minimum Gasteiger partial charge on any atom is -0.493 e. The van der Waals surface area contributed by atoms with Crippen molar-refractivity contribution in [2.75, 3.05) is 26.1 Å². The summed E-state index contributed by atoms with van der Waals surface area (Å²) in [6.07, 6.45) is 0.665. The monoisotopic (exact) mass is 545 g/mol. The number of carbonyl (C=O) groups is 1. The number of hydrogen-bond donors (Lipinski definition) is 2. The molecule has 0 aromatic heterocycles. The highest BCUT2D eigenvalue weighted by Gasteiger charge is 2.58. The Morgan fingerprint density at radius 3 is 2.46 bits per heavy atom. The van der Waals surface area contributed by atoms with Gasteiger partial charge in [-0.1, -0.05) is 41.5 Å². The van der Waals surface area contributed by atoms with Crippen molar-refractivity contribution in [1.82, 2.24) is 10.2 Å². The van der Waals surface area contributed by atoms with Gasteiger partial charge in [-0.05, 0) is 81.7 Å². The summed E-state index contributed by atoms with van der Waals surface area (Å²) in [6, 6.07) is 17.7. The van der Waals surface area contributed by atoms with Gasteiger partial charge in [-0.3, -0.25) is 4.79 Å². The lowest BCUT2D eigenvalue weighted by Gasteiger charge is -2.56. The Kier molecular flexibility index (Phi) is 7.16. The van der Waals surface area contributed by atoms with Crippen molar-refractivity contribution in [3.05, 3.63) is 82.4 Å². The van der Waals surface area contributed by atoms with E-state index in [1.807, 2.05) is 75.1 Å². The van der Waals surface area contributed by atoms with Crippen molar-refractivity contribution < 1.29 is 19.0 Å². The van der Waals surface area contributed by atoms with E-state index in [-0.39, 0.29) is 11.9 Å². The number of nitrogens with one attached hydrogen (secondary N) is 2. The summed E-state index contributed by atoms with van der Waals surface area (Å²) < 4.78 is 17.6. The third-order valence-corrected chi connectivity index (χ3v) is 8.12. The Hall–Kier alpha value is -3.78. The van der Waals surface area contributed by atoms with Crippen LogP contribution in [0.5, 0.6) is 17.2 Å². The number of amides is 1. The summed E-state index contributed by atoms with van der Waals surface area (Å²) in [7, 11) is 3.25. The van der Waals surface area contributed by atoms with E-state index in [2.05, 4.69) is 22.8 Å². The number of nitrogens with zero attached hydrogens (tertiary/aromatic N) is 1. The molecule has 204 valence electrons. The fourth-order valence-electron chi connectivity index (χ4n) is 5.73. The van der Waals surface area contributed by atoms with Gasteiger partial charge in [0.1, 0.15) is 11.7 Å². The first-order valence-corrected chi connectivity index (χ1v) is 13.5. The van der Waals surface area contributed by atoms with Crippen molar-refractivity contribution in [2.45, 2.75) is 45.9 Å². The van der Waals surface area contributed by atoms with Gasteiger partial charge in [0.15, 0.2) is 22.3 Å². The van der Waals surface area contributed by atoms with Crippen molar-refractivity contribution >= 4 is 28.9 Å². The van der Waals surface area contributed by atoms with Gasteiger partial charge in [-0.15, -0.1) is 0 Å². The topological polar surface area (TPSA) is 72.1 Å². The highest BCUT2D eigenvalue weighted by Crippen LogP contribution is 2.49. The number of ether oxygens (including phenoxy) is 3. The van der Waals surface area contributed by atoms with Crippen LogP contribution in [0.3, 0.4) is 0 Å². The third-order valence-electron chi connectivity index (χ3n) is 7.78. The zero-order valence-electron chi connectivity index (χ0n) is 23.3. The highest BCUT2D eigenvalue weighted by molar-refractivity contribution is 7.80. The van der Waals surface area contributed by atoms with Gasteiger partial charge in [0.25, 0.3) is 0 Å². The van der Waals surface area contributed by atoms with Crippen molar-refractivity contribution in [2.24, 2.45) is 5.92 Å². The number of hydrogen-bond acceptors (Lipinski definition) is 5. The molecule has 2 bridgehead atoms. The lowest BCUT2D eigenvalue weighted by Crippen LogP contribution is -2.71. The summed E-state index contributed by atoms with van der Waals surface area (Å²) in [5, 5.41) is 7.24. The molecule has 0 saturated carbocycles. The van der Waals surface area contributed by atoms with E-state index in [0.717, 1.165) is 39.3 Å². The van der Waals surface area contributed by atoms with E-state index < -0.39 is 11.6 Å². The highest BCUT2D eigenvalue weighted by atomic mass is 32.1. The molecule has 8 heteroatoms. The molecular formula is C31H35N3O4S. The van der Waals surface area contributed by atoms with E-state index in [1.165, 1.54) is 0 Å². The minimum absolute atomic E-state index is 0.118. The fraction of sp³-hybridized carbons (Fsp3) is 0.355. The Morgan fingerprint density at radius 2 is 1.74 bits per heavy atom. The molecule has 3 aromatic rings. The van der Waals surface area contributed by atoms with Crippen LogP contribution < -0.4 is 24.8 Å². The molecule has 0 radical (unpaired) electrons. The van der Waals surface area contributed by atoms with Crippen LogP contribution >= 0.6 is 12.2 Å². The van der Waals surface area contributed by atoms with Gasteiger partial charge in [0, 0.05) is 17.8 Å². The SMILES string of the molecule is COc1ccc(CCN2C(=S)N[C@@H]3c4cc(C)ccc4O[C@@]2(C)[C@H]3C(=O)Nc2ccc(C)cc2C)cc1OC. The van der Waals surface area contributed by atoms with Crippen LogP contribution in [0.2, 0.25) is 0 Å². The molecule has 1 saturated heterocycles. The van der Waals surface area contributed by atoms with Gasteiger partial charge >= 0.3 is 0 Å². The molecule has 0 spiro atoms. The molecule has 2 heterocycles. The van der Waals surface area contributed by atoms with E-state index in [9.17, 15) is 4.79 Å². The number of methoxy groups -OCH3 is 2. The van der Waals surface area contributed by atoms with Gasteiger partial charge in [-0.2, -0.15) is 0 Å². The van der Waals surface area contributed by atoms with E-state index >= 15 is 0 Å². The Balaban J connectivity index is 1.49. The summed E-state index contributed by atoms with van der Waals surface area (Å²) in [6.45, 7) is 8.59. The van der Waals surface area contributed by atoms with Gasteiger partial charge in [0.2, 0.25) is 5.91 Å². The predicted molar refractivity (Wildman–Crippen MR) is 157 cm³/mol. The van der Waals surface area contributed by atoms with Crippen molar-refractivity contribution in [3.63, 3.8) is 0 Å². The molecule has 7 nitrogen and oxygen atoms in total. The number of carbonyl (C=O) groups excluding carboxylic acids is 1. The van der Waals surface area contributed by atoms with Crippen LogP contribution in [0.4, 0.5) is 5.69 Å². The first kappa shape index (κ1) is 26.8. The Morgan fingerprint density at radius 1 is 1.03 bits per heavy atom. The Labute approximate surface area is 235 Å². The molecule has 0 unspecified atom stereocenters. The molecule has 0 aliphatic carbocycles. The van der Waals surface area contributed by atoms with Crippen molar-refractivity contribution in [3.8, 4) is 17.2 Å². The van der Waals surface area contributed by atoms with E-state index in [1.54, 1.807) is 14.2 Å². The third kappa shape index (κ3) is 4.89. The summed E-state index contributed by atoms with van der Waals surface area (Å²) >= 11 is 5.88. The van der Waals surface area contributed by atoms with Crippen LogP contribution in [-0.4, -0.2) is 42.4 Å².